The van der Waals surface area contributed by atoms with Gasteiger partial charge >= 0.3 is 0 Å². The largest absolute Gasteiger partial charge is 0.388 e. The van der Waals surface area contributed by atoms with Gasteiger partial charge in [-0.25, -0.2) is 0 Å². The summed E-state index contributed by atoms with van der Waals surface area (Å²) in [5.74, 6) is 0.639. The lowest BCUT2D eigenvalue weighted by molar-refractivity contribution is -0.0857. The summed E-state index contributed by atoms with van der Waals surface area (Å²) in [6.07, 6.45) is 12.7. The van der Waals surface area contributed by atoms with Gasteiger partial charge in [0.25, 0.3) is 0 Å². The van der Waals surface area contributed by atoms with Crippen LogP contribution in [-0.2, 0) is 0 Å². The molecular weight excluding hydrogens is 210 g/mol. The van der Waals surface area contributed by atoms with E-state index in [2.05, 4.69) is 6.92 Å². The molecule has 2 saturated carbocycles. The Bertz CT molecular complexity index is 245. The van der Waals surface area contributed by atoms with Crippen molar-refractivity contribution >= 4 is 0 Å². The van der Waals surface area contributed by atoms with Crippen molar-refractivity contribution in [3.8, 4) is 0 Å². The van der Waals surface area contributed by atoms with E-state index in [-0.39, 0.29) is 5.54 Å². The first kappa shape index (κ1) is 13.4. The predicted molar refractivity (Wildman–Crippen MR) is 71.8 cm³/mol. The standard InChI is InChI=1S/C15H29NO/c1-13-8-7-11-15(17,12-13)14(16)9-5-3-2-4-6-10-14/h13,17H,2-12,16H2,1H3. The Morgan fingerprint density at radius 3 is 2.12 bits per heavy atom. The van der Waals surface area contributed by atoms with Crippen molar-refractivity contribution in [2.24, 2.45) is 11.7 Å². The maximum atomic E-state index is 11.0. The van der Waals surface area contributed by atoms with Crippen LogP contribution >= 0.6 is 0 Å². The molecule has 2 nitrogen and oxygen atoms in total. The first-order valence-electron chi connectivity index (χ1n) is 7.57. The van der Waals surface area contributed by atoms with Crippen molar-refractivity contribution < 1.29 is 5.11 Å². The minimum atomic E-state index is -0.581. The molecule has 2 rings (SSSR count). The quantitative estimate of drug-likeness (QED) is 0.737. The number of nitrogens with two attached hydrogens (primary N) is 1. The molecule has 0 bridgehead atoms. The number of hydrogen-bond acceptors (Lipinski definition) is 2. The third kappa shape index (κ3) is 2.85. The van der Waals surface area contributed by atoms with Crippen LogP contribution in [0.2, 0.25) is 0 Å². The third-order valence-electron chi connectivity index (χ3n) is 5.15. The van der Waals surface area contributed by atoms with Gasteiger partial charge in [-0.3, -0.25) is 0 Å². The summed E-state index contributed by atoms with van der Waals surface area (Å²) in [4.78, 5) is 0. The van der Waals surface area contributed by atoms with E-state index in [0.29, 0.717) is 5.92 Å². The Hall–Kier alpha value is -0.0800. The summed E-state index contributed by atoms with van der Waals surface area (Å²) in [7, 11) is 0. The number of aliphatic hydroxyl groups is 1. The summed E-state index contributed by atoms with van der Waals surface area (Å²) in [5.41, 5.74) is 5.76. The monoisotopic (exact) mass is 239 g/mol. The molecule has 0 aromatic heterocycles. The molecule has 0 saturated heterocycles. The van der Waals surface area contributed by atoms with Crippen LogP contribution in [0, 0.1) is 5.92 Å². The number of hydrogen-bond donors (Lipinski definition) is 2. The highest BCUT2D eigenvalue weighted by Crippen LogP contribution is 2.43. The first-order valence-corrected chi connectivity index (χ1v) is 7.57. The van der Waals surface area contributed by atoms with E-state index in [1.807, 2.05) is 0 Å². The maximum Gasteiger partial charge on any atom is 0.0828 e. The predicted octanol–water partition coefficient (Wildman–Crippen LogP) is 3.37. The smallest absolute Gasteiger partial charge is 0.0828 e. The Balaban J connectivity index is 2.09. The second kappa shape index (κ2) is 5.27. The van der Waals surface area contributed by atoms with E-state index in [1.54, 1.807) is 0 Å². The molecule has 0 radical (unpaired) electrons. The Morgan fingerprint density at radius 2 is 1.53 bits per heavy atom. The van der Waals surface area contributed by atoms with Gasteiger partial charge in [-0.15, -0.1) is 0 Å². The molecule has 0 aromatic rings. The second-order valence-electron chi connectivity index (χ2n) is 6.66. The van der Waals surface area contributed by atoms with Crippen LogP contribution in [0.15, 0.2) is 0 Å². The summed E-state index contributed by atoms with van der Waals surface area (Å²) in [6.45, 7) is 2.26. The van der Waals surface area contributed by atoms with Gasteiger partial charge < -0.3 is 10.8 Å². The lowest BCUT2D eigenvalue weighted by atomic mass is 9.64. The normalized spacial score (nSPS) is 39.4. The zero-order valence-electron chi connectivity index (χ0n) is 11.4. The summed E-state index contributed by atoms with van der Waals surface area (Å²) in [5, 5.41) is 11.0. The molecule has 2 unspecified atom stereocenters. The van der Waals surface area contributed by atoms with Crippen LogP contribution in [0.25, 0.3) is 0 Å². The van der Waals surface area contributed by atoms with E-state index in [1.165, 1.54) is 38.5 Å². The van der Waals surface area contributed by atoms with Gasteiger partial charge in [0, 0.05) is 5.54 Å². The molecule has 2 atom stereocenters. The maximum absolute atomic E-state index is 11.0. The fraction of sp³-hybridized carbons (Fsp3) is 1.00. The lowest BCUT2D eigenvalue weighted by Gasteiger charge is -2.49. The lowest BCUT2D eigenvalue weighted by Crippen LogP contribution is -2.62. The average Bonchev–Trinajstić information content (AvgIpc) is 2.23. The van der Waals surface area contributed by atoms with E-state index in [4.69, 9.17) is 5.73 Å². The molecule has 2 aliphatic carbocycles. The van der Waals surface area contributed by atoms with Crippen molar-refractivity contribution in [2.45, 2.75) is 88.7 Å². The van der Waals surface area contributed by atoms with Crippen molar-refractivity contribution in [2.75, 3.05) is 0 Å². The minimum Gasteiger partial charge on any atom is -0.388 e. The molecule has 0 aromatic carbocycles. The molecular formula is C15H29NO. The van der Waals surface area contributed by atoms with Gasteiger partial charge in [0.15, 0.2) is 0 Å². The molecule has 17 heavy (non-hydrogen) atoms. The van der Waals surface area contributed by atoms with E-state index < -0.39 is 5.60 Å². The third-order valence-corrected chi connectivity index (χ3v) is 5.15. The van der Waals surface area contributed by atoms with Gasteiger partial charge in [-0.05, 0) is 31.6 Å². The van der Waals surface area contributed by atoms with E-state index in [9.17, 15) is 5.11 Å². The summed E-state index contributed by atoms with van der Waals surface area (Å²) >= 11 is 0. The highest BCUT2D eigenvalue weighted by molar-refractivity contribution is 5.05. The fourth-order valence-corrected chi connectivity index (χ4v) is 3.98. The summed E-state index contributed by atoms with van der Waals surface area (Å²) in [6, 6.07) is 0. The Kier molecular flexibility index (Phi) is 4.14. The van der Waals surface area contributed by atoms with Crippen LogP contribution in [-0.4, -0.2) is 16.2 Å². The molecule has 2 aliphatic rings. The first-order chi connectivity index (χ1) is 8.06. The van der Waals surface area contributed by atoms with Gasteiger partial charge in [0.05, 0.1) is 5.60 Å². The Morgan fingerprint density at radius 1 is 0.941 bits per heavy atom. The molecule has 3 N–H and O–H groups in total. The van der Waals surface area contributed by atoms with Crippen LogP contribution in [0.1, 0.15) is 77.6 Å². The van der Waals surface area contributed by atoms with Gasteiger partial charge in [0.1, 0.15) is 0 Å². The highest BCUT2D eigenvalue weighted by Gasteiger charge is 2.48. The number of rotatable bonds is 1. The SMILES string of the molecule is CC1CCCC(O)(C2(N)CCCCCCC2)C1. The zero-order chi connectivity index (χ0) is 12.4. The van der Waals surface area contributed by atoms with Crippen LogP contribution in [0.5, 0.6) is 0 Å². The van der Waals surface area contributed by atoms with Crippen LogP contribution in [0.3, 0.4) is 0 Å². The van der Waals surface area contributed by atoms with Crippen LogP contribution in [0.4, 0.5) is 0 Å². The average molecular weight is 239 g/mol. The fourth-order valence-electron chi connectivity index (χ4n) is 3.98. The molecule has 2 fully saturated rings. The molecule has 2 heteroatoms. The summed E-state index contributed by atoms with van der Waals surface area (Å²) < 4.78 is 0. The van der Waals surface area contributed by atoms with Gasteiger partial charge in [-0.2, -0.15) is 0 Å². The second-order valence-corrected chi connectivity index (χ2v) is 6.66. The van der Waals surface area contributed by atoms with Crippen molar-refractivity contribution in [3.63, 3.8) is 0 Å². The molecule has 100 valence electrons. The molecule has 0 aliphatic heterocycles. The molecule has 0 amide bonds. The van der Waals surface area contributed by atoms with E-state index in [0.717, 1.165) is 32.1 Å². The van der Waals surface area contributed by atoms with Crippen molar-refractivity contribution in [1.29, 1.82) is 0 Å². The molecule has 0 spiro atoms. The van der Waals surface area contributed by atoms with Crippen molar-refractivity contribution in [3.05, 3.63) is 0 Å². The highest BCUT2D eigenvalue weighted by atomic mass is 16.3. The topological polar surface area (TPSA) is 46.2 Å². The van der Waals surface area contributed by atoms with Crippen LogP contribution < -0.4 is 5.73 Å². The Labute approximate surface area is 106 Å². The molecule has 0 heterocycles. The van der Waals surface area contributed by atoms with E-state index >= 15 is 0 Å². The minimum absolute atomic E-state index is 0.303. The van der Waals surface area contributed by atoms with Gasteiger partial charge in [0.2, 0.25) is 0 Å². The van der Waals surface area contributed by atoms with Gasteiger partial charge in [-0.1, -0.05) is 51.9 Å². The van der Waals surface area contributed by atoms with Crippen molar-refractivity contribution in [1.82, 2.24) is 0 Å². The zero-order valence-corrected chi connectivity index (χ0v) is 11.4.